The van der Waals surface area contributed by atoms with E-state index in [2.05, 4.69) is 23.2 Å². The van der Waals surface area contributed by atoms with E-state index in [-0.39, 0.29) is 11.5 Å². The van der Waals surface area contributed by atoms with Crippen molar-refractivity contribution in [3.05, 3.63) is 75.1 Å². The second-order valence-corrected chi connectivity index (χ2v) is 7.60. The Hall–Kier alpha value is -3.14. The second kappa shape index (κ2) is 8.31. The molecule has 4 rings (SSSR count). The summed E-state index contributed by atoms with van der Waals surface area (Å²) in [6, 6.07) is 15.1. The van der Waals surface area contributed by atoms with Crippen molar-refractivity contribution in [3.63, 3.8) is 0 Å². The molecule has 30 heavy (non-hydrogen) atoms. The van der Waals surface area contributed by atoms with Crippen molar-refractivity contribution >= 4 is 23.2 Å². The molecule has 8 heteroatoms. The predicted molar refractivity (Wildman–Crippen MR) is 116 cm³/mol. The number of aromatic amines is 1. The van der Waals surface area contributed by atoms with Crippen LogP contribution in [-0.4, -0.2) is 16.8 Å². The summed E-state index contributed by atoms with van der Waals surface area (Å²) in [6.45, 7) is 2.71. The fourth-order valence-corrected chi connectivity index (χ4v) is 3.73. The van der Waals surface area contributed by atoms with Crippen molar-refractivity contribution in [3.8, 4) is 29.0 Å². The molecule has 1 aliphatic rings. The van der Waals surface area contributed by atoms with E-state index in [1.165, 1.54) is 0 Å². The van der Waals surface area contributed by atoms with E-state index >= 15 is 0 Å². The smallest absolute Gasteiger partial charge is 0.244 e. The number of hydrogen-bond acceptors (Lipinski definition) is 5. The van der Waals surface area contributed by atoms with E-state index in [0.29, 0.717) is 28.1 Å². The van der Waals surface area contributed by atoms with Gasteiger partial charge in [0, 0.05) is 5.56 Å². The van der Waals surface area contributed by atoms with Crippen LogP contribution in [0.5, 0.6) is 11.6 Å². The number of fused-ring (bicyclic) bond motifs is 1. The molecule has 2 heterocycles. The maximum absolute atomic E-state index is 9.79. The Bertz CT molecular complexity index is 1160. The molecule has 152 valence electrons. The molecule has 6 nitrogen and oxygen atoms in total. The molecule has 1 atom stereocenters. The number of nitrogens with one attached hydrogen (secondary N) is 1. The maximum Gasteiger partial charge on any atom is 0.244 e. The molecule has 3 aromatic rings. The molecular weight excluding hydrogens is 423 g/mol. The van der Waals surface area contributed by atoms with Crippen LogP contribution in [0.4, 0.5) is 0 Å². The van der Waals surface area contributed by atoms with Gasteiger partial charge in [0.1, 0.15) is 17.4 Å². The van der Waals surface area contributed by atoms with Crippen molar-refractivity contribution < 1.29 is 9.47 Å². The standard InChI is InChI=1S/C22H18Cl2N4O2/c1-2-9-29-14-6-3-12(4-7-14)20-19-18(13-5-8-16(23)17(24)10-13)15(11-25)21(26)30-22(19)28-27-20/h3-8,10,18H,2,9,26H2,1H3,(H,27,28)/t18-/m0/s1. The molecule has 2 aromatic carbocycles. The molecule has 0 amide bonds. The number of benzene rings is 2. The van der Waals surface area contributed by atoms with Gasteiger partial charge < -0.3 is 15.2 Å². The number of ether oxygens (including phenoxy) is 2. The van der Waals surface area contributed by atoms with Gasteiger partial charge in [-0.2, -0.15) is 5.26 Å². The first-order chi connectivity index (χ1) is 14.5. The topological polar surface area (TPSA) is 97.0 Å². The summed E-state index contributed by atoms with van der Waals surface area (Å²) in [5.74, 6) is 0.623. The highest BCUT2D eigenvalue weighted by Gasteiger charge is 2.35. The molecule has 1 aliphatic heterocycles. The van der Waals surface area contributed by atoms with Gasteiger partial charge in [0.2, 0.25) is 11.8 Å². The van der Waals surface area contributed by atoms with E-state index in [0.717, 1.165) is 29.0 Å². The van der Waals surface area contributed by atoms with Gasteiger partial charge in [-0.15, -0.1) is 5.10 Å². The lowest BCUT2D eigenvalue weighted by Gasteiger charge is -2.24. The van der Waals surface area contributed by atoms with Crippen molar-refractivity contribution in [2.45, 2.75) is 19.3 Å². The summed E-state index contributed by atoms with van der Waals surface area (Å²) >= 11 is 12.3. The van der Waals surface area contributed by atoms with E-state index in [9.17, 15) is 5.26 Å². The van der Waals surface area contributed by atoms with E-state index in [1.807, 2.05) is 30.3 Å². The number of hydrogen-bond donors (Lipinski definition) is 2. The summed E-state index contributed by atoms with van der Waals surface area (Å²) < 4.78 is 11.3. The van der Waals surface area contributed by atoms with Crippen molar-refractivity contribution in [1.29, 1.82) is 5.26 Å². The summed E-state index contributed by atoms with van der Waals surface area (Å²) in [5, 5.41) is 17.9. The monoisotopic (exact) mass is 440 g/mol. The summed E-state index contributed by atoms with van der Waals surface area (Å²) in [4.78, 5) is 0. The largest absolute Gasteiger partial charge is 0.494 e. The number of nitrogens with zero attached hydrogens (tertiary/aromatic N) is 2. The Morgan fingerprint density at radius 1 is 1.20 bits per heavy atom. The Kier molecular flexibility index (Phi) is 5.58. The molecule has 0 unspecified atom stereocenters. The first-order valence-corrected chi connectivity index (χ1v) is 10.1. The average Bonchev–Trinajstić information content (AvgIpc) is 3.17. The van der Waals surface area contributed by atoms with Crippen LogP contribution in [0.25, 0.3) is 11.3 Å². The minimum Gasteiger partial charge on any atom is -0.494 e. The second-order valence-electron chi connectivity index (χ2n) is 6.79. The van der Waals surface area contributed by atoms with Gasteiger partial charge in [0.25, 0.3) is 0 Å². The van der Waals surface area contributed by atoms with E-state index < -0.39 is 5.92 Å². The SMILES string of the molecule is CCCOc1ccc(-c2[nH]nc3c2[C@@H](c2ccc(Cl)c(Cl)c2)C(C#N)=C(N)O3)cc1. The number of nitriles is 1. The lowest BCUT2D eigenvalue weighted by molar-refractivity contribution is 0.317. The summed E-state index contributed by atoms with van der Waals surface area (Å²) in [6.07, 6.45) is 0.934. The zero-order valence-corrected chi connectivity index (χ0v) is 17.6. The third-order valence-corrected chi connectivity index (χ3v) is 5.57. The first kappa shape index (κ1) is 20.1. The fourth-order valence-electron chi connectivity index (χ4n) is 3.43. The molecule has 0 radical (unpaired) electrons. The number of rotatable bonds is 5. The Morgan fingerprint density at radius 2 is 1.97 bits per heavy atom. The molecule has 3 N–H and O–H groups in total. The maximum atomic E-state index is 9.79. The Labute approximate surface area is 183 Å². The molecule has 0 saturated carbocycles. The van der Waals surface area contributed by atoms with Gasteiger partial charge in [-0.25, -0.2) is 0 Å². The zero-order chi connectivity index (χ0) is 21.3. The fraction of sp³-hybridized carbons (Fsp3) is 0.182. The Morgan fingerprint density at radius 3 is 2.63 bits per heavy atom. The van der Waals surface area contributed by atoms with E-state index in [1.54, 1.807) is 12.1 Å². The van der Waals surface area contributed by atoms with Crippen LogP contribution in [0, 0.1) is 11.3 Å². The average molecular weight is 441 g/mol. The lowest BCUT2D eigenvalue weighted by Crippen LogP contribution is -2.21. The van der Waals surface area contributed by atoms with Crippen LogP contribution < -0.4 is 15.2 Å². The number of halogens is 2. The highest BCUT2D eigenvalue weighted by Crippen LogP contribution is 2.46. The third-order valence-electron chi connectivity index (χ3n) is 4.83. The van der Waals surface area contributed by atoms with Crippen LogP contribution in [-0.2, 0) is 0 Å². The Balaban J connectivity index is 1.82. The molecule has 0 spiro atoms. The van der Waals surface area contributed by atoms with Crippen LogP contribution >= 0.6 is 23.2 Å². The number of aromatic nitrogens is 2. The molecule has 0 fully saturated rings. The highest BCUT2D eigenvalue weighted by atomic mass is 35.5. The number of H-pyrrole nitrogens is 1. The normalized spacial score (nSPS) is 15.3. The van der Waals surface area contributed by atoms with Gasteiger partial charge in [0.05, 0.1) is 33.8 Å². The van der Waals surface area contributed by atoms with Crippen molar-refractivity contribution in [1.82, 2.24) is 10.2 Å². The van der Waals surface area contributed by atoms with Crippen LogP contribution in [0.2, 0.25) is 10.0 Å². The molecular formula is C22H18Cl2N4O2. The zero-order valence-electron chi connectivity index (χ0n) is 16.1. The van der Waals surface area contributed by atoms with Gasteiger partial charge in [0.15, 0.2) is 0 Å². The van der Waals surface area contributed by atoms with Gasteiger partial charge in [-0.1, -0.05) is 36.2 Å². The molecule has 0 bridgehead atoms. The first-order valence-electron chi connectivity index (χ1n) is 9.37. The van der Waals surface area contributed by atoms with Gasteiger partial charge >= 0.3 is 0 Å². The van der Waals surface area contributed by atoms with Crippen molar-refractivity contribution in [2.75, 3.05) is 6.61 Å². The van der Waals surface area contributed by atoms with Crippen molar-refractivity contribution in [2.24, 2.45) is 5.73 Å². The van der Waals surface area contributed by atoms with Gasteiger partial charge in [-0.05, 0) is 48.4 Å². The third kappa shape index (κ3) is 3.58. The van der Waals surface area contributed by atoms with Crippen LogP contribution in [0.15, 0.2) is 53.9 Å². The van der Waals surface area contributed by atoms with Crippen LogP contribution in [0.3, 0.4) is 0 Å². The van der Waals surface area contributed by atoms with E-state index in [4.69, 9.17) is 38.4 Å². The quantitative estimate of drug-likeness (QED) is 0.553. The molecule has 0 saturated heterocycles. The van der Waals surface area contributed by atoms with Gasteiger partial charge in [-0.3, -0.25) is 5.10 Å². The lowest BCUT2D eigenvalue weighted by atomic mass is 9.83. The minimum absolute atomic E-state index is 0.0161. The summed E-state index contributed by atoms with van der Waals surface area (Å²) in [7, 11) is 0. The summed E-state index contributed by atoms with van der Waals surface area (Å²) in [5.41, 5.74) is 9.38. The number of allylic oxidation sites excluding steroid dienone is 1. The van der Waals surface area contributed by atoms with Crippen LogP contribution in [0.1, 0.15) is 30.4 Å². The molecule has 0 aliphatic carbocycles. The predicted octanol–water partition coefficient (Wildman–Crippen LogP) is 5.39. The minimum atomic E-state index is -0.502. The number of nitrogens with two attached hydrogens (primary N) is 1. The molecule has 1 aromatic heterocycles. The highest BCUT2D eigenvalue weighted by molar-refractivity contribution is 6.42.